The van der Waals surface area contributed by atoms with E-state index in [1.165, 1.54) is 44.9 Å². The fraction of sp³-hybridized carbons (Fsp3) is 1.00. The minimum absolute atomic E-state index is 0.234. The number of rotatable bonds is 6. The molecule has 0 aromatic rings. The van der Waals surface area contributed by atoms with Gasteiger partial charge >= 0.3 is 0 Å². The highest BCUT2D eigenvalue weighted by Crippen LogP contribution is 2.33. The Morgan fingerprint density at radius 1 is 1.27 bits per heavy atom. The van der Waals surface area contributed by atoms with Crippen LogP contribution in [-0.4, -0.2) is 24.9 Å². The van der Waals surface area contributed by atoms with Crippen molar-refractivity contribution in [1.82, 2.24) is 0 Å². The van der Waals surface area contributed by atoms with Gasteiger partial charge in [-0.3, -0.25) is 0 Å². The van der Waals surface area contributed by atoms with Gasteiger partial charge in [0.1, 0.15) is 0 Å². The highest BCUT2D eigenvalue weighted by atomic mass is 16.5. The Kier molecular flexibility index (Phi) is 6.26. The monoisotopic (exact) mass is 214 g/mol. The SMILES string of the molecule is CCCCC1CCC(C(O)COC)CC1. The van der Waals surface area contributed by atoms with Crippen LogP contribution in [0.25, 0.3) is 0 Å². The average molecular weight is 214 g/mol. The van der Waals surface area contributed by atoms with Crippen molar-refractivity contribution in [3.8, 4) is 0 Å². The summed E-state index contributed by atoms with van der Waals surface area (Å²) in [4.78, 5) is 0. The molecule has 0 saturated heterocycles. The molecule has 15 heavy (non-hydrogen) atoms. The first-order chi connectivity index (χ1) is 7.27. The molecule has 1 unspecified atom stereocenters. The molecule has 0 aromatic carbocycles. The smallest absolute Gasteiger partial charge is 0.0801 e. The van der Waals surface area contributed by atoms with Crippen molar-refractivity contribution >= 4 is 0 Å². The maximum atomic E-state index is 9.81. The van der Waals surface area contributed by atoms with Crippen LogP contribution in [0.1, 0.15) is 51.9 Å². The molecule has 0 radical (unpaired) electrons. The van der Waals surface area contributed by atoms with E-state index in [1.807, 2.05) is 0 Å². The van der Waals surface area contributed by atoms with Crippen LogP contribution in [0.15, 0.2) is 0 Å². The lowest BCUT2D eigenvalue weighted by atomic mass is 9.78. The van der Waals surface area contributed by atoms with E-state index in [0.29, 0.717) is 12.5 Å². The third kappa shape index (κ3) is 4.52. The van der Waals surface area contributed by atoms with Gasteiger partial charge in [0.15, 0.2) is 0 Å². The molecule has 1 saturated carbocycles. The minimum atomic E-state index is -0.234. The van der Waals surface area contributed by atoms with E-state index < -0.39 is 0 Å². The Morgan fingerprint density at radius 2 is 1.93 bits per heavy atom. The minimum Gasteiger partial charge on any atom is -0.390 e. The predicted octanol–water partition coefficient (Wildman–Crippen LogP) is 2.99. The molecule has 0 amide bonds. The summed E-state index contributed by atoms with van der Waals surface area (Å²) in [6.45, 7) is 2.76. The molecule has 0 spiro atoms. The molecule has 1 N–H and O–H groups in total. The molecule has 1 fully saturated rings. The van der Waals surface area contributed by atoms with Gasteiger partial charge in [-0.2, -0.15) is 0 Å². The number of aliphatic hydroxyl groups is 1. The van der Waals surface area contributed by atoms with E-state index in [2.05, 4.69) is 6.92 Å². The fourth-order valence-electron chi connectivity index (χ4n) is 2.66. The first kappa shape index (κ1) is 13.0. The summed E-state index contributed by atoms with van der Waals surface area (Å²) in [7, 11) is 1.66. The fourth-order valence-corrected chi connectivity index (χ4v) is 2.66. The summed E-state index contributed by atoms with van der Waals surface area (Å²) in [6, 6.07) is 0. The van der Waals surface area contributed by atoms with Gasteiger partial charge in [0.25, 0.3) is 0 Å². The van der Waals surface area contributed by atoms with Crippen molar-refractivity contribution in [2.45, 2.75) is 58.0 Å². The number of hydrogen-bond donors (Lipinski definition) is 1. The molecular weight excluding hydrogens is 188 g/mol. The lowest BCUT2D eigenvalue weighted by molar-refractivity contribution is 0.00776. The Labute approximate surface area is 94.0 Å². The van der Waals surface area contributed by atoms with E-state index in [0.717, 1.165) is 5.92 Å². The largest absolute Gasteiger partial charge is 0.390 e. The maximum absolute atomic E-state index is 9.81. The summed E-state index contributed by atoms with van der Waals surface area (Å²) >= 11 is 0. The highest BCUT2D eigenvalue weighted by Gasteiger charge is 2.25. The molecule has 1 aliphatic carbocycles. The Bertz CT molecular complexity index is 151. The van der Waals surface area contributed by atoms with Gasteiger partial charge in [-0.1, -0.05) is 39.0 Å². The summed E-state index contributed by atoms with van der Waals surface area (Å²) in [5.41, 5.74) is 0. The summed E-state index contributed by atoms with van der Waals surface area (Å²) in [6.07, 6.45) is 8.85. The zero-order chi connectivity index (χ0) is 11.1. The van der Waals surface area contributed by atoms with Gasteiger partial charge < -0.3 is 9.84 Å². The van der Waals surface area contributed by atoms with E-state index >= 15 is 0 Å². The second-order valence-corrected chi connectivity index (χ2v) is 4.95. The van der Waals surface area contributed by atoms with Gasteiger partial charge in [0.2, 0.25) is 0 Å². The van der Waals surface area contributed by atoms with Crippen LogP contribution >= 0.6 is 0 Å². The van der Waals surface area contributed by atoms with Crippen LogP contribution < -0.4 is 0 Å². The molecule has 0 heterocycles. The van der Waals surface area contributed by atoms with E-state index in [4.69, 9.17) is 4.74 Å². The van der Waals surface area contributed by atoms with Crippen LogP contribution in [0.5, 0.6) is 0 Å². The molecule has 2 heteroatoms. The van der Waals surface area contributed by atoms with Crippen molar-refractivity contribution in [2.75, 3.05) is 13.7 Å². The molecule has 0 aromatic heterocycles. The van der Waals surface area contributed by atoms with Crippen molar-refractivity contribution in [2.24, 2.45) is 11.8 Å². The molecule has 1 rings (SSSR count). The number of aliphatic hydroxyl groups excluding tert-OH is 1. The number of methoxy groups -OCH3 is 1. The molecule has 0 bridgehead atoms. The summed E-state index contributed by atoms with van der Waals surface area (Å²) in [5.74, 6) is 1.42. The van der Waals surface area contributed by atoms with Gasteiger partial charge in [0.05, 0.1) is 12.7 Å². The van der Waals surface area contributed by atoms with Gasteiger partial charge in [-0.05, 0) is 24.7 Å². The third-order valence-electron chi connectivity index (χ3n) is 3.74. The summed E-state index contributed by atoms with van der Waals surface area (Å²) in [5, 5.41) is 9.81. The third-order valence-corrected chi connectivity index (χ3v) is 3.74. The van der Waals surface area contributed by atoms with Gasteiger partial charge in [0, 0.05) is 7.11 Å². The zero-order valence-corrected chi connectivity index (χ0v) is 10.2. The maximum Gasteiger partial charge on any atom is 0.0801 e. The lowest BCUT2D eigenvalue weighted by Gasteiger charge is -2.31. The Hall–Kier alpha value is -0.0800. The summed E-state index contributed by atoms with van der Waals surface area (Å²) < 4.78 is 5.00. The number of unbranched alkanes of at least 4 members (excludes halogenated alkanes) is 1. The molecule has 2 nitrogen and oxygen atoms in total. The van der Waals surface area contributed by atoms with E-state index in [-0.39, 0.29) is 6.10 Å². The lowest BCUT2D eigenvalue weighted by Crippen LogP contribution is -2.29. The topological polar surface area (TPSA) is 29.5 Å². The number of hydrogen-bond acceptors (Lipinski definition) is 2. The average Bonchev–Trinajstić information content (AvgIpc) is 2.27. The second-order valence-electron chi connectivity index (χ2n) is 4.95. The normalized spacial score (nSPS) is 29.0. The van der Waals surface area contributed by atoms with Gasteiger partial charge in [-0.25, -0.2) is 0 Å². The van der Waals surface area contributed by atoms with Crippen molar-refractivity contribution in [1.29, 1.82) is 0 Å². The van der Waals surface area contributed by atoms with Crippen LogP contribution in [0.2, 0.25) is 0 Å². The molecule has 1 aliphatic rings. The molecule has 0 aliphatic heterocycles. The Morgan fingerprint density at radius 3 is 2.47 bits per heavy atom. The van der Waals surface area contributed by atoms with E-state index in [9.17, 15) is 5.11 Å². The van der Waals surface area contributed by atoms with Crippen molar-refractivity contribution < 1.29 is 9.84 Å². The molecule has 1 atom stereocenters. The van der Waals surface area contributed by atoms with Crippen LogP contribution in [0.3, 0.4) is 0 Å². The first-order valence-electron chi connectivity index (χ1n) is 6.45. The van der Waals surface area contributed by atoms with E-state index in [1.54, 1.807) is 7.11 Å². The van der Waals surface area contributed by atoms with Crippen LogP contribution in [0, 0.1) is 11.8 Å². The number of ether oxygens (including phenoxy) is 1. The van der Waals surface area contributed by atoms with Crippen molar-refractivity contribution in [3.05, 3.63) is 0 Å². The zero-order valence-electron chi connectivity index (χ0n) is 10.2. The highest BCUT2D eigenvalue weighted by molar-refractivity contribution is 4.77. The molecule has 90 valence electrons. The predicted molar refractivity (Wildman–Crippen MR) is 62.9 cm³/mol. The first-order valence-corrected chi connectivity index (χ1v) is 6.45. The van der Waals surface area contributed by atoms with Crippen LogP contribution in [0.4, 0.5) is 0 Å². The quantitative estimate of drug-likeness (QED) is 0.736. The van der Waals surface area contributed by atoms with Crippen molar-refractivity contribution in [3.63, 3.8) is 0 Å². The van der Waals surface area contributed by atoms with Crippen LogP contribution in [-0.2, 0) is 4.74 Å². The second kappa shape index (κ2) is 7.24. The van der Waals surface area contributed by atoms with Gasteiger partial charge in [-0.15, -0.1) is 0 Å². The Balaban J connectivity index is 2.17. The standard InChI is InChI=1S/C13H26O2/c1-3-4-5-11-6-8-12(9-7-11)13(14)10-15-2/h11-14H,3-10H2,1-2H3. The molecular formula is C13H26O2.